The number of benzene rings is 4. The van der Waals surface area contributed by atoms with Gasteiger partial charge in [0.1, 0.15) is 11.5 Å². The molecule has 0 unspecified atom stereocenters. The molecule has 0 amide bonds. The van der Waals surface area contributed by atoms with E-state index in [9.17, 15) is 8.42 Å². The second-order valence-electron chi connectivity index (χ2n) is 11.4. The predicted octanol–water partition coefficient (Wildman–Crippen LogP) is 7.51. The number of hydrogen-bond acceptors (Lipinski definition) is 6. The Hall–Kier alpha value is -3.17. The molecule has 234 valence electrons. The van der Waals surface area contributed by atoms with Gasteiger partial charge in [0.25, 0.3) is 10.1 Å². The van der Waals surface area contributed by atoms with Gasteiger partial charge >= 0.3 is 0 Å². The van der Waals surface area contributed by atoms with Crippen LogP contribution in [-0.4, -0.2) is 44.5 Å². The first kappa shape index (κ1) is 34.3. The summed E-state index contributed by atoms with van der Waals surface area (Å²) in [5, 5.41) is 12.4. The standard InChI is InChI=1S/C34H44N2O2.CH4O3S/c1-25(2)37-33-19-17-27-13-7-9-15-29(27)31(33)23-35-21-11-5-6-12-22-36-24-32-30-16-10-8-14-28(30)18-20-34(32)38-26(3)4;1-5(2,3)4/h7-10,13-20,25-26,35-36H,5-6,11-12,21-24H2,1-4H3;1H3,(H,2,3,4). The lowest BCUT2D eigenvalue weighted by atomic mass is 10.0. The number of ether oxygens (including phenoxy) is 2. The van der Waals surface area contributed by atoms with Crippen LogP contribution < -0.4 is 20.1 Å². The molecule has 0 bridgehead atoms. The van der Waals surface area contributed by atoms with E-state index in [2.05, 4.69) is 111 Å². The van der Waals surface area contributed by atoms with Crippen molar-refractivity contribution < 1.29 is 22.4 Å². The summed E-state index contributed by atoms with van der Waals surface area (Å²) in [6, 6.07) is 25.7. The Labute approximate surface area is 257 Å². The van der Waals surface area contributed by atoms with Crippen molar-refractivity contribution in [3.63, 3.8) is 0 Å². The summed E-state index contributed by atoms with van der Waals surface area (Å²) in [4.78, 5) is 0. The normalized spacial score (nSPS) is 11.6. The molecule has 7 nitrogen and oxygen atoms in total. The van der Waals surface area contributed by atoms with Crippen LogP contribution in [0.3, 0.4) is 0 Å². The average molecular weight is 609 g/mol. The average Bonchev–Trinajstić information content (AvgIpc) is 2.94. The molecule has 0 saturated carbocycles. The van der Waals surface area contributed by atoms with E-state index in [1.807, 2.05) is 0 Å². The zero-order valence-corrected chi connectivity index (χ0v) is 27.0. The Balaban J connectivity index is 0.000000934. The summed E-state index contributed by atoms with van der Waals surface area (Å²) < 4.78 is 38.1. The van der Waals surface area contributed by atoms with Crippen LogP contribution in [0.2, 0.25) is 0 Å². The molecular formula is C35H48N2O5S. The zero-order valence-electron chi connectivity index (χ0n) is 26.2. The highest BCUT2D eigenvalue weighted by Gasteiger charge is 2.11. The van der Waals surface area contributed by atoms with E-state index in [0.717, 1.165) is 37.7 Å². The largest absolute Gasteiger partial charge is 0.491 e. The molecule has 0 heterocycles. The molecule has 4 aromatic carbocycles. The predicted molar refractivity (Wildman–Crippen MR) is 179 cm³/mol. The third kappa shape index (κ3) is 12.2. The van der Waals surface area contributed by atoms with Gasteiger partial charge in [-0.3, -0.25) is 4.55 Å². The van der Waals surface area contributed by atoms with Crippen LogP contribution in [0, 0.1) is 0 Å². The Morgan fingerprint density at radius 3 is 1.37 bits per heavy atom. The first-order valence-corrected chi connectivity index (χ1v) is 17.1. The Kier molecular flexibility index (Phi) is 13.7. The molecule has 0 saturated heterocycles. The molecule has 4 aromatic rings. The number of unbranched alkanes of at least 4 members (excludes halogenated alkanes) is 3. The van der Waals surface area contributed by atoms with Crippen molar-refractivity contribution in [1.29, 1.82) is 0 Å². The first-order valence-electron chi connectivity index (χ1n) is 15.2. The van der Waals surface area contributed by atoms with Gasteiger partial charge in [0.15, 0.2) is 0 Å². The van der Waals surface area contributed by atoms with Crippen molar-refractivity contribution in [2.75, 3.05) is 19.3 Å². The van der Waals surface area contributed by atoms with E-state index in [4.69, 9.17) is 14.0 Å². The summed E-state index contributed by atoms with van der Waals surface area (Å²) in [6.07, 6.45) is 5.87. The van der Waals surface area contributed by atoms with Crippen LogP contribution in [-0.2, 0) is 23.2 Å². The molecule has 0 fully saturated rings. The molecule has 0 radical (unpaired) electrons. The molecule has 43 heavy (non-hydrogen) atoms. The second kappa shape index (κ2) is 17.2. The van der Waals surface area contributed by atoms with E-state index in [-0.39, 0.29) is 12.2 Å². The molecule has 0 spiro atoms. The highest BCUT2D eigenvalue weighted by molar-refractivity contribution is 7.85. The van der Waals surface area contributed by atoms with Gasteiger partial charge in [0.2, 0.25) is 0 Å². The van der Waals surface area contributed by atoms with Crippen molar-refractivity contribution in [3.8, 4) is 11.5 Å². The van der Waals surface area contributed by atoms with E-state index < -0.39 is 10.1 Å². The molecule has 0 aliphatic heterocycles. The van der Waals surface area contributed by atoms with Crippen LogP contribution in [0.5, 0.6) is 11.5 Å². The minimum absolute atomic E-state index is 0.165. The number of hydrogen-bond donors (Lipinski definition) is 3. The first-order chi connectivity index (χ1) is 20.5. The van der Waals surface area contributed by atoms with Gasteiger partial charge in [-0.1, -0.05) is 73.5 Å². The molecule has 0 aromatic heterocycles. The van der Waals surface area contributed by atoms with Crippen LogP contribution >= 0.6 is 0 Å². The fourth-order valence-electron chi connectivity index (χ4n) is 5.01. The third-order valence-corrected chi connectivity index (χ3v) is 6.78. The second-order valence-corrected chi connectivity index (χ2v) is 12.8. The number of nitrogens with one attached hydrogen (secondary N) is 2. The van der Waals surface area contributed by atoms with Crippen LogP contribution in [0.1, 0.15) is 64.5 Å². The van der Waals surface area contributed by atoms with Gasteiger partial charge in [0, 0.05) is 24.2 Å². The van der Waals surface area contributed by atoms with Gasteiger partial charge in [-0.15, -0.1) is 0 Å². The molecule has 4 rings (SSSR count). The number of fused-ring (bicyclic) bond motifs is 2. The lowest BCUT2D eigenvalue weighted by molar-refractivity contribution is 0.239. The topological polar surface area (TPSA) is 96.9 Å². The van der Waals surface area contributed by atoms with Crippen LogP contribution in [0.25, 0.3) is 21.5 Å². The van der Waals surface area contributed by atoms with E-state index in [1.54, 1.807) is 0 Å². The van der Waals surface area contributed by atoms with Crippen molar-refractivity contribution in [2.45, 2.75) is 78.7 Å². The maximum Gasteiger partial charge on any atom is 0.261 e. The highest BCUT2D eigenvalue weighted by atomic mass is 32.2. The molecule has 0 atom stereocenters. The van der Waals surface area contributed by atoms with Crippen molar-refractivity contribution >= 4 is 31.7 Å². The van der Waals surface area contributed by atoms with Crippen LogP contribution in [0.4, 0.5) is 0 Å². The van der Waals surface area contributed by atoms with Crippen molar-refractivity contribution in [2.24, 2.45) is 0 Å². The molecule has 8 heteroatoms. The minimum Gasteiger partial charge on any atom is -0.491 e. The fraction of sp³-hybridized carbons (Fsp3) is 0.429. The molecule has 0 aliphatic rings. The van der Waals surface area contributed by atoms with Gasteiger partial charge in [-0.25, -0.2) is 0 Å². The van der Waals surface area contributed by atoms with E-state index in [1.165, 1.54) is 58.4 Å². The highest BCUT2D eigenvalue weighted by Crippen LogP contribution is 2.30. The SMILES string of the molecule is CC(C)Oc1ccc2ccccc2c1CNCCCCCCNCc1c(OC(C)C)ccc2ccccc12.CS(=O)(=O)O. The van der Waals surface area contributed by atoms with E-state index in [0.29, 0.717) is 6.26 Å². The summed E-state index contributed by atoms with van der Waals surface area (Å²) >= 11 is 0. The van der Waals surface area contributed by atoms with Gasteiger partial charge in [-0.05, 0) is 87.3 Å². The number of rotatable bonds is 15. The minimum atomic E-state index is -3.67. The maximum atomic E-state index is 9.19. The summed E-state index contributed by atoms with van der Waals surface area (Å²) in [5.41, 5.74) is 2.52. The molecule has 3 N–H and O–H groups in total. The van der Waals surface area contributed by atoms with Gasteiger partial charge in [0.05, 0.1) is 18.5 Å². The lowest BCUT2D eigenvalue weighted by Gasteiger charge is -2.17. The summed E-state index contributed by atoms with van der Waals surface area (Å²) in [6.45, 7) is 12.0. The van der Waals surface area contributed by atoms with Gasteiger partial charge in [-0.2, -0.15) is 8.42 Å². The Morgan fingerprint density at radius 1 is 0.628 bits per heavy atom. The molecule has 0 aliphatic carbocycles. The third-order valence-electron chi connectivity index (χ3n) is 6.78. The van der Waals surface area contributed by atoms with Crippen LogP contribution in [0.15, 0.2) is 72.8 Å². The molecular weight excluding hydrogens is 560 g/mol. The Morgan fingerprint density at radius 2 is 1.00 bits per heavy atom. The smallest absolute Gasteiger partial charge is 0.261 e. The quantitative estimate of drug-likeness (QED) is 0.0949. The van der Waals surface area contributed by atoms with Gasteiger partial charge < -0.3 is 20.1 Å². The van der Waals surface area contributed by atoms with Crippen molar-refractivity contribution in [3.05, 3.63) is 83.9 Å². The lowest BCUT2D eigenvalue weighted by Crippen LogP contribution is -2.18. The monoisotopic (exact) mass is 608 g/mol. The maximum absolute atomic E-state index is 9.19. The zero-order chi connectivity index (χ0) is 31.2. The summed E-state index contributed by atoms with van der Waals surface area (Å²) in [5.74, 6) is 1.98. The van der Waals surface area contributed by atoms with E-state index >= 15 is 0 Å². The summed E-state index contributed by atoms with van der Waals surface area (Å²) in [7, 11) is -3.67. The fourth-order valence-corrected chi connectivity index (χ4v) is 5.01. The Bertz CT molecular complexity index is 1430. The van der Waals surface area contributed by atoms with Crippen molar-refractivity contribution in [1.82, 2.24) is 10.6 Å².